The molecule has 0 bridgehead atoms. The number of benzene rings is 1. The Morgan fingerprint density at radius 2 is 1.79 bits per heavy atom. The number of rotatable bonds is 7. The van der Waals surface area contributed by atoms with Crippen molar-refractivity contribution in [2.24, 2.45) is 5.84 Å². The lowest BCUT2D eigenvalue weighted by Gasteiger charge is -2.34. The fourth-order valence-electron chi connectivity index (χ4n) is 2.16. The highest BCUT2D eigenvalue weighted by atomic mass is 16.5. The SMILES string of the molecule is CCOC(C)(C)C(NN)c1ccc(OC(C)C)cc1. The minimum Gasteiger partial charge on any atom is -0.491 e. The molecule has 1 atom stereocenters. The van der Waals surface area contributed by atoms with Gasteiger partial charge in [0.05, 0.1) is 17.7 Å². The molecule has 0 saturated heterocycles. The summed E-state index contributed by atoms with van der Waals surface area (Å²) in [6.07, 6.45) is 0.175. The summed E-state index contributed by atoms with van der Waals surface area (Å²) in [7, 11) is 0. The van der Waals surface area contributed by atoms with Crippen LogP contribution >= 0.6 is 0 Å². The third-order valence-electron chi connectivity index (χ3n) is 2.96. The van der Waals surface area contributed by atoms with Gasteiger partial charge >= 0.3 is 0 Å². The van der Waals surface area contributed by atoms with E-state index in [1.165, 1.54) is 0 Å². The van der Waals surface area contributed by atoms with Crippen LogP contribution in [0.4, 0.5) is 0 Å². The van der Waals surface area contributed by atoms with Crippen LogP contribution in [-0.4, -0.2) is 18.3 Å². The molecule has 0 spiro atoms. The molecule has 0 amide bonds. The zero-order chi connectivity index (χ0) is 14.5. The molecule has 4 nitrogen and oxygen atoms in total. The number of hydrazine groups is 1. The molecule has 0 aliphatic heterocycles. The maximum Gasteiger partial charge on any atom is 0.119 e. The number of nitrogens with two attached hydrogens (primary N) is 1. The van der Waals surface area contributed by atoms with Crippen molar-refractivity contribution in [2.75, 3.05) is 6.61 Å². The molecule has 3 N–H and O–H groups in total. The first-order valence-electron chi connectivity index (χ1n) is 6.77. The van der Waals surface area contributed by atoms with Gasteiger partial charge in [-0.1, -0.05) is 12.1 Å². The summed E-state index contributed by atoms with van der Waals surface area (Å²) < 4.78 is 11.4. The molecule has 19 heavy (non-hydrogen) atoms. The molecule has 0 radical (unpaired) electrons. The van der Waals surface area contributed by atoms with E-state index in [2.05, 4.69) is 5.43 Å². The molecular weight excluding hydrogens is 240 g/mol. The summed E-state index contributed by atoms with van der Waals surface area (Å²) in [6, 6.07) is 7.88. The molecule has 0 saturated carbocycles. The summed E-state index contributed by atoms with van der Waals surface area (Å²) in [4.78, 5) is 0. The van der Waals surface area contributed by atoms with Crippen molar-refractivity contribution >= 4 is 0 Å². The van der Waals surface area contributed by atoms with Crippen molar-refractivity contribution < 1.29 is 9.47 Å². The van der Waals surface area contributed by atoms with Crippen molar-refractivity contribution in [3.8, 4) is 5.75 Å². The number of hydrogen-bond acceptors (Lipinski definition) is 4. The molecular formula is C15H26N2O2. The van der Waals surface area contributed by atoms with Crippen LogP contribution in [0.3, 0.4) is 0 Å². The Morgan fingerprint density at radius 3 is 2.21 bits per heavy atom. The molecule has 0 aromatic heterocycles. The van der Waals surface area contributed by atoms with Gasteiger partial charge in [-0.15, -0.1) is 0 Å². The molecule has 1 unspecified atom stereocenters. The first-order valence-corrected chi connectivity index (χ1v) is 6.77. The predicted octanol–water partition coefficient (Wildman–Crippen LogP) is 2.79. The highest BCUT2D eigenvalue weighted by Crippen LogP contribution is 2.29. The van der Waals surface area contributed by atoms with E-state index in [-0.39, 0.29) is 17.7 Å². The van der Waals surface area contributed by atoms with E-state index >= 15 is 0 Å². The fraction of sp³-hybridized carbons (Fsp3) is 0.600. The topological polar surface area (TPSA) is 56.5 Å². The number of hydrogen-bond donors (Lipinski definition) is 2. The van der Waals surface area contributed by atoms with Crippen molar-refractivity contribution in [1.29, 1.82) is 0 Å². The third kappa shape index (κ3) is 4.49. The molecule has 108 valence electrons. The zero-order valence-corrected chi connectivity index (χ0v) is 12.6. The van der Waals surface area contributed by atoms with Crippen LogP contribution in [0.5, 0.6) is 5.75 Å². The zero-order valence-electron chi connectivity index (χ0n) is 12.6. The van der Waals surface area contributed by atoms with Crippen LogP contribution in [0, 0.1) is 0 Å². The summed E-state index contributed by atoms with van der Waals surface area (Å²) >= 11 is 0. The lowest BCUT2D eigenvalue weighted by Crippen LogP contribution is -2.44. The molecule has 0 heterocycles. The summed E-state index contributed by atoms with van der Waals surface area (Å²) in [5.74, 6) is 6.54. The van der Waals surface area contributed by atoms with Gasteiger partial charge in [-0.25, -0.2) is 0 Å². The number of nitrogens with one attached hydrogen (secondary N) is 1. The third-order valence-corrected chi connectivity index (χ3v) is 2.96. The Bertz CT molecular complexity index is 374. The van der Waals surface area contributed by atoms with Crippen molar-refractivity contribution in [3.63, 3.8) is 0 Å². The highest BCUT2D eigenvalue weighted by Gasteiger charge is 2.30. The Morgan fingerprint density at radius 1 is 1.21 bits per heavy atom. The standard InChI is InChI=1S/C15H26N2O2/c1-6-18-15(4,5)14(17-16)12-7-9-13(10-8-12)19-11(2)3/h7-11,14,17H,6,16H2,1-5H3. The van der Waals surface area contributed by atoms with Crippen molar-refractivity contribution in [1.82, 2.24) is 5.43 Å². The summed E-state index contributed by atoms with van der Waals surface area (Å²) in [6.45, 7) is 10.7. The van der Waals surface area contributed by atoms with Crippen LogP contribution in [0.2, 0.25) is 0 Å². The first-order chi connectivity index (χ1) is 8.90. The molecule has 0 aliphatic carbocycles. The van der Waals surface area contributed by atoms with Crippen LogP contribution < -0.4 is 16.0 Å². The first kappa shape index (κ1) is 16.0. The van der Waals surface area contributed by atoms with E-state index in [0.29, 0.717) is 6.61 Å². The largest absolute Gasteiger partial charge is 0.491 e. The summed E-state index contributed by atoms with van der Waals surface area (Å²) in [5.41, 5.74) is 3.55. The van der Waals surface area contributed by atoms with E-state index in [1.54, 1.807) is 0 Å². The van der Waals surface area contributed by atoms with Gasteiger partial charge in [-0.05, 0) is 52.3 Å². The van der Waals surface area contributed by atoms with Gasteiger partial charge in [0, 0.05) is 6.61 Å². The average molecular weight is 266 g/mol. The van der Waals surface area contributed by atoms with Gasteiger partial charge < -0.3 is 9.47 Å². The van der Waals surface area contributed by atoms with E-state index < -0.39 is 0 Å². The van der Waals surface area contributed by atoms with E-state index in [4.69, 9.17) is 15.3 Å². The van der Waals surface area contributed by atoms with E-state index in [9.17, 15) is 0 Å². The van der Waals surface area contributed by atoms with Gasteiger partial charge in [-0.2, -0.15) is 0 Å². The van der Waals surface area contributed by atoms with Crippen molar-refractivity contribution in [2.45, 2.75) is 52.4 Å². The van der Waals surface area contributed by atoms with Crippen LogP contribution in [-0.2, 0) is 4.74 Å². The Labute approximate surface area is 116 Å². The normalized spacial score (nSPS) is 13.6. The van der Waals surface area contributed by atoms with Gasteiger partial charge in [0.25, 0.3) is 0 Å². The molecule has 0 aliphatic rings. The predicted molar refractivity (Wildman–Crippen MR) is 78.0 cm³/mol. The Kier molecular flexibility index (Phi) is 5.79. The number of ether oxygens (including phenoxy) is 2. The van der Waals surface area contributed by atoms with Gasteiger partial charge in [-0.3, -0.25) is 11.3 Å². The smallest absolute Gasteiger partial charge is 0.119 e. The molecule has 1 aromatic rings. The fourth-order valence-corrected chi connectivity index (χ4v) is 2.16. The molecule has 0 fully saturated rings. The van der Waals surface area contributed by atoms with Crippen LogP contribution in [0.25, 0.3) is 0 Å². The molecule has 1 rings (SSSR count). The lowest BCUT2D eigenvalue weighted by atomic mass is 9.92. The maximum absolute atomic E-state index is 5.76. The van der Waals surface area contributed by atoms with Crippen molar-refractivity contribution in [3.05, 3.63) is 29.8 Å². The molecule has 4 heteroatoms. The van der Waals surface area contributed by atoms with E-state index in [0.717, 1.165) is 11.3 Å². The quantitative estimate of drug-likeness (QED) is 0.588. The van der Waals surface area contributed by atoms with Gasteiger partial charge in [0.15, 0.2) is 0 Å². The summed E-state index contributed by atoms with van der Waals surface area (Å²) in [5, 5.41) is 0. The Balaban J connectivity index is 2.87. The average Bonchev–Trinajstić information content (AvgIpc) is 2.31. The minimum atomic E-state index is -0.371. The monoisotopic (exact) mass is 266 g/mol. The van der Waals surface area contributed by atoms with E-state index in [1.807, 2.05) is 58.9 Å². The second-order valence-electron chi connectivity index (χ2n) is 5.37. The van der Waals surface area contributed by atoms with Gasteiger partial charge in [0.1, 0.15) is 5.75 Å². The lowest BCUT2D eigenvalue weighted by molar-refractivity contribution is -0.0392. The van der Waals surface area contributed by atoms with Crippen LogP contribution in [0.15, 0.2) is 24.3 Å². The second-order valence-corrected chi connectivity index (χ2v) is 5.37. The Hall–Kier alpha value is -1.10. The van der Waals surface area contributed by atoms with Crippen LogP contribution in [0.1, 0.15) is 46.2 Å². The van der Waals surface area contributed by atoms with Gasteiger partial charge in [0.2, 0.25) is 0 Å². The highest BCUT2D eigenvalue weighted by molar-refractivity contribution is 5.30. The minimum absolute atomic E-state index is 0.0689. The molecule has 1 aromatic carbocycles. The second kappa shape index (κ2) is 6.89. The maximum atomic E-state index is 5.76.